The van der Waals surface area contributed by atoms with Crippen molar-refractivity contribution >= 4 is 11.1 Å². The van der Waals surface area contributed by atoms with E-state index in [0.29, 0.717) is 17.0 Å². The van der Waals surface area contributed by atoms with Crippen molar-refractivity contribution in [3.63, 3.8) is 0 Å². The zero-order valence-corrected chi connectivity index (χ0v) is 11.2. The van der Waals surface area contributed by atoms with Gasteiger partial charge in [-0.1, -0.05) is 13.3 Å². The van der Waals surface area contributed by atoms with Crippen LogP contribution in [0.4, 0.5) is 4.39 Å². The molecule has 0 spiro atoms. The van der Waals surface area contributed by atoms with Crippen molar-refractivity contribution in [2.75, 3.05) is 0 Å². The molecule has 0 unspecified atom stereocenters. The third kappa shape index (κ3) is 2.25. The van der Waals surface area contributed by atoms with Gasteiger partial charge in [-0.05, 0) is 43.7 Å². The molecule has 3 nitrogen and oxygen atoms in total. The number of nitrogens with zero attached hydrogens (tertiary/aromatic N) is 1. The topological polar surface area (TPSA) is 52.0 Å². The van der Waals surface area contributed by atoms with Gasteiger partial charge in [0.05, 0.1) is 5.54 Å². The summed E-state index contributed by atoms with van der Waals surface area (Å²) in [4.78, 5) is 4.44. The first kappa shape index (κ1) is 12.6. The lowest BCUT2D eigenvalue weighted by molar-refractivity contribution is 0.198. The average molecular weight is 262 g/mol. The number of benzene rings is 1. The third-order valence-electron chi connectivity index (χ3n) is 4.35. The SMILES string of the molecule is CCC1CCC(N)(c2nc3ccc(F)cc3o2)CC1. The molecular weight excluding hydrogens is 243 g/mol. The van der Waals surface area contributed by atoms with Crippen molar-refractivity contribution in [1.82, 2.24) is 4.98 Å². The maximum Gasteiger partial charge on any atom is 0.215 e. The number of hydrogen-bond donors (Lipinski definition) is 1. The molecule has 1 aromatic heterocycles. The molecule has 0 aliphatic heterocycles. The third-order valence-corrected chi connectivity index (χ3v) is 4.35. The van der Waals surface area contributed by atoms with E-state index in [2.05, 4.69) is 11.9 Å². The average Bonchev–Trinajstić information content (AvgIpc) is 2.83. The van der Waals surface area contributed by atoms with Crippen molar-refractivity contribution in [1.29, 1.82) is 0 Å². The molecule has 2 N–H and O–H groups in total. The van der Waals surface area contributed by atoms with E-state index in [1.54, 1.807) is 6.07 Å². The standard InChI is InChI=1S/C15H19FN2O/c1-2-10-5-7-15(17,8-6-10)14-18-12-4-3-11(16)9-13(12)19-14/h3-4,9-10H,2,5-8,17H2,1H3. The number of aromatic nitrogens is 1. The molecule has 2 aromatic rings. The summed E-state index contributed by atoms with van der Waals surface area (Å²) in [7, 11) is 0. The Labute approximate surface area is 112 Å². The molecule has 1 aliphatic carbocycles. The largest absolute Gasteiger partial charge is 0.439 e. The van der Waals surface area contributed by atoms with Crippen LogP contribution in [0.3, 0.4) is 0 Å². The molecule has 19 heavy (non-hydrogen) atoms. The molecule has 1 heterocycles. The van der Waals surface area contributed by atoms with E-state index >= 15 is 0 Å². The van der Waals surface area contributed by atoms with Crippen LogP contribution in [0.1, 0.15) is 44.9 Å². The highest BCUT2D eigenvalue weighted by Gasteiger charge is 2.37. The van der Waals surface area contributed by atoms with Crippen molar-refractivity contribution in [2.45, 2.75) is 44.6 Å². The molecule has 4 heteroatoms. The van der Waals surface area contributed by atoms with Gasteiger partial charge >= 0.3 is 0 Å². The first-order chi connectivity index (χ1) is 9.10. The van der Waals surface area contributed by atoms with Crippen LogP contribution in [0, 0.1) is 11.7 Å². The Morgan fingerprint density at radius 1 is 1.42 bits per heavy atom. The van der Waals surface area contributed by atoms with Crippen molar-refractivity contribution in [3.05, 3.63) is 29.9 Å². The molecule has 0 atom stereocenters. The highest BCUT2D eigenvalue weighted by molar-refractivity contribution is 5.72. The Bertz CT molecular complexity index is 585. The second kappa shape index (κ2) is 4.60. The molecule has 3 rings (SSSR count). The van der Waals surface area contributed by atoms with Crippen LogP contribution in [0.2, 0.25) is 0 Å². The predicted molar refractivity (Wildman–Crippen MR) is 72.1 cm³/mol. The molecule has 1 fully saturated rings. The second-order valence-corrected chi connectivity index (χ2v) is 5.64. The number of hydrogen-bond acceptors (Lipinski definition) is 3. The Balaban J connectivity index is 1.91. The lowest BCUT2D eigenvalue weighted by Crippen LogP contribution is -2.40. The molecule has 0 radical (unpaired) electrons. The van der Waals surface area contributed by atoms with E-state index in [1.165, 1.54) is 18.6 Å². The summed E-state index contributed by atoms with van der Waals surface area (Å²) in [6.45, 7) is 2.22. The fraction of sp³-hybridized carbons (Fsp3) is 0.533. The first-order valence-corrected chi connectivity index (χ1v) is 6.96. The monoisotopic (exact) mass is 262 g/mol. The maximum atomic E-state index is 13.2. The van der Waals surface area contributed by atoms with Gasteiger partial charge in [-0.25, -0.2) is 9.37 Å². The highest BCUT2D eigenvalue weighted by atomic mass is 19.1. The Kier molecular flexibility index (Phi) is 3.05. The number of rotatable bonds is 2. The molecule has 102 valence electrons. The molecular formula is C15H19FN2O. The number of halogens is 1. The van der Waals surface area contributed by atoms with Crippen LogP contribution in [0.25, 0.3) is 11.1 Å². The summed E-state index contributed by atoms with van der Waals surface area (Å²) in [5, 5.41) is 0. The van der Waals surface area contributed by atoms with Crippen LogP contribution in [-0.2, 0) is 5.54 Å². The van der Waals surface area contributed by atoms with Gasteiger partial charge in [-0.15, -0.1) is 0 Å². The minimum Gasteiger partial charge on any atom is -0.439 e. The molecule has 1 aromatic carbocycles. The van der Waals surface area contributed by atoms with Gasteiger partial charge in [0.2, 0.25) is 5.89 Å². The van der Waals surface area contributed by atoms with Crippen LogP contribution in [-0.4, -0.2) is 4.98 Å². The van der Waals surface area contributed by atoms with Crippen molar-refractivity contribution < 1.29 is 8.81 Å². The molecule has 0 amide bonds. The summed E-state index contributed by atoms with van der Waals surface area (Å²) in [6, 6.07) is 4.40. The minimum atomic E-state index is -0.485. The van der Waals surface area contributed by atoms with Gasteiger partial charge in [0, 0.05) is 6.07 Å². The summed E-state index contributed by atoms with van der Waals surface area (Å²) in [5.74, 6) is 1.01. The van der Waals surface area contributed by atoms with Crippen LogP contribution < -0.4 is 5.73 Å². The first-order valence-electron chi connectivity index (χ1n) is 6.96. The number of nitrogens with two attached hydrogens (primary N) is 1. The molecule has 1 saturated carbocycles. The number of oxazole rings is 1. The van der Waals surface area contributed by atoms with Crippen LogP contribution in [0.5, 0.6) is 0 Å². The van der Waals surface area contributed by atoms with Crippen LogP contribution in [0.15, 0.2) is 22.6 Å². The maximum absolute atomic E-state index is 13.2. The summed E-state index contributed by atoms with van der Waals surface area (Å²) in [6.07, 6.45) is 5.21. The van der Waals surface area contributed by atoms with E-state index in [4.69, 9.17) is 10.2 Å². The van der Waals surface area contributed by atoms with Gasteiger partial charge in [0.1, 0.15) is 11.3 Å². The number of fused-ring (bicyclic) bond motifs is 1. The quantitative estimate of drug-likeness (QED) is 0.897. The zero-order chi connectivity index (χ0) is 13.5. The fourth-order valence-electron chi connectivity index (χ4n) is 2.93. The van der Waals surface area contributed by atoms with E-state index in [-0.39, 0.29) is 5.82 Å². The Morgan fingerprint density at radius 3 is 2.84 bits per heavy atom. The van der Waals surface area contributed by atoms with E-state index in [9.17, 15) is 4.39 Å². The zero-order valence-electron chi connectivity index (χ0n) is 11.2. The Morgan fingerprint density at radius 2 is 2.16 bits per heavy atom. The normalized spacial score (nSPS) is 27.8. The van der Waals surface area contributed by atoms with Gasteiger partial charge in [-0.3, -0.25) is 0 Å². The van der Waals surface area contributed by atoms with E-state index < -0.39 is 5.54 Å². The molecule has 0 saturated heterocycles. The predicted octanol–water partition coefficient (Wildman–Crippen LogP) is 3.72. The minimum absolute atomic E-state index is 0.309. The summed E-state index contributed by atoms with van der Waals surface area (Å²) in [5.41, 5.74) is 7.13. The van der Waals surface area contributed by atoms with Gasteiger partial charge in [0.25, 0.3) is 0 Å². The van der Waals surface area contributed by atoms with Crippen molar-refractivity contribution in [3.8, 4) is 0 Å². The molecule has 1 aliphatic rings. The van der Waals surface area contributed by atoms with Gasteiger partial charge in [0.15, 0.2) is 5.58 Å². The second-order valence-electron chi connectivity index (χ2n) is 5.64. The summed E-state index contributed by atoms with van der Waals surface area (Å²) >= 11 is 0. The highest BCUT2D eigenvalue weighted by Crippen LogP contribution is 2.39. The summed E-state index contributed by atoms with van der Waals surface area (Å²) < 4.78 is 18.8. The van der Waals surface area contributed by atoms with Crippen LogP contribution >= 0.6 is 0 Å². The van der Waals surface area contributed by atoms with E-state index in [1.807, 2.05) is 0 Å². The Hall–Kier alpha value is -1.42. The fourth-order valence-corrected chi connectivity index (χ4v) is 2.93. The lowest BCUT2D eigenvalue weighted by Gasteiger charge is -2.34. The van der Waals surface area contributed by atoms with Gasteiger partial charge in [-0.2, -0.15) is 0 Å². The smallest absolute Gasteiger partial charge is 0.215 e. The lowest BCUT2D eigenvalue weighted by atomic mass is 9.76. The van der Waals surface area contributed by atoms with Crippen molar-refractivity contribution in [2.24, 2.45) is 11.7 Å². The van der Waals surface area contributed by atoms with E-state index in [0.717, 1.165) is 31.6 Å². The molecule has 0 bridgehead atoms. The van der Waals surface area contributed by atoms with Gasteiger partial charge < -0.3 is 10.2 Å².